The van der Waals surface area contributed by atoms with E-state index in [-0.39, 0.29) is 0 Å². The largest absolute Gasteiger partial charge is 0.309 e. The minimum atomic E-state index is 0.303. The van der Waals surface area contributed by atoms with Crippen molar-refractivity contribution in [3.63, 3.8) is 0 Å². The van der Waals surface area contributed by atoms with Crippen LogP contribution in [0.3, 0.4) is 0 Å². The van der Waals surface area contributed by atoms with Gasteiger partial charge in [0.25, 0.3) is 0 Å². The van der Waals surface area contributed by atoms with Crippen molar-refractivity contribution in [3.05, 3.63) is 76.3 Å². The molecule has 1 N–H and O–H groups in total. The zero-order valence-electron chi connectivity index (χ0n) is 13.4. The first-order chi connectivity index (χ1) is 11.6. The van der Waals surface area contributed by atoms with Crippen molar-refractivity contribution >= 4 is 45.7 Å². The molecule has 0 spiro atoms. The second-order valence-corrected chi connectivity index (χ2v) is 7.65. The van der Waals surface area contributed by atoms with E-state index in [9.17, 15) is 0 Å². The molecular formula is C20H19Cl2NS. The van der Waals surface area contributed by atoms with E-state index in [1.807, 2.05) is 12.1 Å². The van der Waals surface area contributed by atoms with Crippen LogP contribution in [0.25, 0.3) is 10.8 Å². The molecule has 0 fully saturated rings. The van der Waals surface area contributed by atoms with Gasteiger partial charge in [-0.3, -0.25) is 0 Å². The average Bonchev–Trinajstić information content (AvgIpc) is 2.59. The summed E-state index contributed by atoms with van der Waals surface area (Å²) < 4.78 is 0. The molecule has 4 heteroatoms. The number of rotatable bonds is 6. The van der Waals surface area contributed by atoms with Crippen molar-refractivity contribution in [2.45, 2.75) is 17.9 Å². The van der Waals surface area contributed by atoms with Gasteiger partial charge in [-0.1, -0.05) is 65.7 Å². The molecule has 1 atom stereocenters. The summed E-state index contributed by atoms with van der Waals surface area (Å²) >= 11 is 13.9. The van der Waals surface area contributed by atoms with E-state index < -0.39 is 0 Å². The first kappa shape index (κ1) is 17.6. The molecule has 0 aliphatic heterocycles. The summed E-state index contributed by atoms with van der Waals surface area (Å²) in [5.41, 5.74) is 1.34. The van der Waals surface area contributed by atoms with E-state index in [0.717, 1.165) is 22.2 Å². The highest BCUT2D eigenvalue weighted by molar-refractivity contribution is 7.99. The summed E-state index contributed by atoms with van der Waals surface area (Å²) in [4.78, 5) is 1.07. The molecule has 0 saturated carbocycles. The highest BCUT2D eigenvalue weighted by Gasteiger charge is 2.08. The molecule has 24 heavy (non-hydrogen) atoms. The Balaban J connectivity index is 1.58. The normalized spacial score (nSPS) is 12.5. The Kier molecular flexibility index (Phi) is 6.07. The van der Waals surface area contributed by atoms with Crippen molar-refractivity contribution < 1.29 is 0 Å². The Morgan fingerprint density at radius 2 is 1.79 bits per heavy atom. The van der Waals surface area contributed by atoms with Gasteiger partial charge < -0.3 is 5.32 Å². The van der Waals surface area contributed by atoms with E-state index in [1.54, 1.807) is 17.8 Å². The minimum absolute atomic E-state index is 0.303. The SMILES string of the molecule is C[C@@H](NCCSc1ccc(Cl)cc1Cl)c1cccc2ccccc12. The number of hydrogen-bond donors (Lipinski definition) is 1. The average molecular weight is 376 g/mol. The predicted molar refractivity (Wildman–Crippen MR) is 108 cm³/mol. The Morgan fingerprint density at radius 1 is 1.00 bits per heavy atom. The van der Waals surface area contributed by atoms with Gasteiger partial charge in [0.05, 0.1) is 5.02 Å². The van der Waals surface area contributed by atoms with Gasteiger partial charge in [0.2, 0.25) is 0 Å². The van der Waals surface area contributed by atoms with Gasteiger partial charge in [-0.05, 0) is 41.5 Å². The van der Waals surface area contributed by atoms with E-state index in [2.05, 4.69) is 54.7 Å². The van der Waals surface area contributed by atoms with Gasteiger partial charge >= 0.3 is 0 Å². The molecule has 3 aromatic carbocycles. The molecule has 0 amide bonds. The molecule has 0 heterocycles. The maximum absolute atomic E-state index is 6.21. The van der Waals surface area contributed by atoms with Gasteiger partial charge in [0.1, 0.15) is 0 Å². The third-order valence-electron chi connectivity index (χ3n) is 3.99. The van der Waals surface area contributed by atoms with Gasteiger partial charge in [-0.2, -0.15) is 0 Å². The Morgan fingerprint density at radius 3 is 2.62 bits per heavy atom. The Labute approximate surface area is 157 Å². The lowest BCUT2D eigenvalue weighted by atomic mass is 10.00. The molecule has 124 valence electrons. The van der Waals surface area contributed by atoms with E-state index in [1.165, 1.54) is 16.3 Å². The lowest BCUT2D eigenvalue weighted by Gasteiger charge is -2.16. The maximum atomic E-state index is 6.21. The summed E-state index contributed by atoms with van der Waals surface area (Å²) in [7, 11) is 0. The molecule has 3 aromatic rings. The number of hydrogen-bond acceptors (Lipinski definition) is 2. The fourth-order valence-electron chi connectivity index (χ4n) is 2.77. The third-order valence-corrected chi connectivity index (χ3v) is 5.73. The maximum Gasteiger partial charge on any atom is 0.0556 e. The lowest BCUT2D eigenvalue weighted by Crippen LogP contribution is -2.21. The van der Waals surface area contributed by atoms with Crippen LogP contribution in [0.1, 0.15) is 18.5 Å². The van der Waals surface area contributed by atoms with Crippen LogP contribution in [0.4, 0.5) is 0 Å². The van der Waals surface area contributed by atoms with Crippen molar-refractivity contribution in [1.82, 2.24) is 5.32 Å². The predicted octanol–water partition coefficient (Wildman–Crippen LogP) is 6.59. The van der Waals surface area contributed by atoms with Crippen LogP contribution in [-0.2, 0) is 0 Å². The lowest BCUT2D eigenvalue weighted by molar-refractivity contribution is 0.605. The van der Waals surface area contributed by atoms with E-state index in [4.69, 9.17) is 23.2 Å². The first-order valence-electron chi connectivity index (χ1n) is 7.94. The van der Waals surface area contributed by atoms with Crippen LogP contribution < -0.4 is 5.32 Å². The summed E-state index contributed by atoms with van der Waals surface area (Å²) in [6, 6.07) is 20.9. The molecule has 1 nitrogen and oxygen atoms in total. The van der Waals surface area contributed by atoms with Crippen molar-refractivity contribution in [2.24, 2.45) is 0 Å². The zero-order valence-corrected chi connectivity index (χ0v) is 15.8. The van der Waals surface area contributed by atoms with Crippen molar-refractivity contribution in [3.8, 4) is 0 Å². The topological polar surface area (TPSA) is 12.0 Å². The number of halogens is 2. The van der Waals surface area contributed by atoms with Crippen molar-refractivity contribution in [1.29, 1.82) is 0 Å². The summed E-state index contributed by atoms with van der Waals surface area (Å²) in [6.07, 6.45) is 0. The quantitative estimate of drug-likeness (QED) is 0.385. The molecular weight excluding hydrogens is 357 g/mol. The second kappa shape index (κ2) is 8.26. The van der Waals surface area contributed by atoms with E-state index >= 15 is 0 Å². The van der Waals surface area contributed by atoms with Crippen LogP contribution in [-0.4, -0.2) is 12.3 Å². The molecule has 0 aliphatic rings. The summed E-state index contributed by atoms with van der Waals surface area (Å²) in [5.74, 6) is 0.955. The smallest absolute Gasteiger partial charge is 0.0556 e. The molecule has 0 unspecified atom stereocenters. The monoisotopic (exact) mass is 375 g/mol. The summed E-state index contributed by atoms with van der Waals surface area (Å²) in [6.45, 7) is 3.12. The molecule has 0 saturated heterocycles. The van der Waals surface area contributed by atoms with Crippen LogP contribution in [0.2, 0.25) is 10.0 Å². The van der Waals surface area contributed by atoms with Crippen LogP contribution >= 0.6 is 35.0 Å². The van der Waals surface area contributed by atoms with Gasteiger partial charge in [0, 0.05) is 28.3 Å². The molecule has 0 aromatic heterocycles. The van der Waals surface area contributed by atoms with Crippen LogP contribution in [0, 0.1) is 0 Å². The van der Waals surface area contributed by atoms with Crippen LogP contribution in [0.5, 0.6) is 0 Å². The highest BCUT2D eigenvalue weighted by atomic mass is 35.5. The molecule has 0 radical (unpaired) electrons. The van der Waals surface area contributed by atoms with Crippen LogP contribution in [0.15, 0.2) is 65.6 Å². The minimum Gasteiger partial charge on any atom is -0.309 e. The van der Waals surface area contributed by atoms with Gasteiger partial charge in [0.15, 0.2) is 0 Å². The zero-order chi connectivity index (χ0) is 16.9. The number of thioether (sulfide) groups is 1. The van der Waals surface area contributed by atoms with Gasteiger partial charge in [-0.15, -0.1) is 11.8 Å². The van der Waals surface area contributed by atoms with Crippen molar-refractivity contribution in [2.75, 3.05) is 12.3 Å². The summed E-state index contributed by atoms with van der Waals surface area (Å²) in [5, 5.41) is 7.59. The molecule has 0 aliphatic carbocycles. The standard InChI is InChI=1S/C20H19Cl2NS/c1-14(17-8-4-6-15-5-2-3-7-18(15)17)23-11-12-24-20-10-9-16(21)13-19(20)22/h2-10,13-14,23H,11-12H2,1H3/t14-/m1/s1. The van der Waals surface area contributed by atoms with Gasteiger partial charge in [-0.25, -0.2) is 0 Å². The molecule has 0 bridgehead atoms. The Bertz CT molecular complexity index is 829. The van der Waals surface area contributed by atoms with E-state index in [0.29, 0.717) is 11.1 Å². The Hall–Kier alpha value is -1.19. The third kappa shape index (κ3) is 4.25. The fourth-order valence-corrected chi connectivity index (χ4v) is 4.14. The number of benzene rings is 3. The second-order valence-electron chi connectivity index (χ2n) is 5.67. The first-order valence-corrected chi connectivity index (χ1v) is 9.68. The number of fused-ring (bicyclic) bond motifs is 1. The number of nitrogens with one attached hydrogen (secondary N) is 1. The highest BCUT2D eigenvalue weighted by Crippen LogP contribution is 2.29. The fraction of sp³-hybridized carbons (Fsp3) is 0.200. The molecule has 3 rings (SSSR count).